The molecule has 0 aliphatic heterocycles. The zero-order valence-corrected chi connectivity index (χ0v) is 22.9. The number of hydrogen-bond donors (Lipinski definition) is 2. The first-order valence-electron chi connectivity index (χ1n) is 11.2. The van der Waals surface area contributed by atoms with E-state index in [2.05, 4.69) is 36.4 Å². The zero-order chi connectivity index (χ0) is 27.4. The van der Waals surface area contributed by atoms with Crippen molar-refractivity contribution in [3.8, 4) is 11.1 Å². The number of rotatable bonds is 6. The summed E-state index contributed by atoms with van der Waals surface area (Å²) in [5.41, 5.74) is 6.89. The summed E-state index contributed by atoms with van der Waals surface area (Å²) in [4.78, 5) is 29.3. The Morgan fingerprint density at radius 2 is 1.86 bits per heavy atom. The number of nitrogens with zero attached hydrogens (tertiary/aromatic N) is 5. The summed E-state index contributed by atoms with van der Waals surface area (Å²) >= 11 is 4.12. The Bertz CT molecular complexity index is 1550. The largest absolute Gasteiger partial charge is 0.433 e. The lowest BCUT2D eigenvalue weighted by Gasteiger charge is -2.16. The molecule has 4 rings (SSSR count). The van der Waals surface area contributed by atoms with Crippen molar-refractivity contribution in [1.82, 2.24) is 24.5 Å². The molecule has 3 N–H and O–H groups in total. The number of carbonyl (C=O) groups is 2. The van der Waals surface area contributed by atoms with Gasteiger partial charge in [0.1, 0.15) is 21.4 Å². The highest BCUT2D eigenvalue weighted by molar-refractivity contribution is 9.10. The van der Waals surface area contributed by atoms with Gasteiger partial charge in [-0.25, -0.2) is 4.98 Å². The molecule has 0 radical (unpaired) electrons. The Kier molecular flexibility index (Phi) is 6.92. The average Bonchev–Trinajstić information content (AvgIpc) is 3.47. The number of amides is 2. The van der Waals surface area contributed by atoms with Crippen molar-refractivity contribution in [3.63, 3.8) is 0 Å². The molecule has 0 saturated heterocycles. The van der Waals surface area contributed by atoms with Gasteiger partial charge in [-0.3, -0.25) is 19.0 Å². The quantitative estimate of drug-likeness (QED) is 0.309. The van der Waals surface area contributed by atoms with E-state index < -0.39 is 29.7 Å². The molecule has 0 aromatic carbocycles. The van der Waals surface area contributed by atoms with E-state index in [0.717, 1.165) is 10.5 Å². The topological polar surface area (TPSA) is 121 Å². The van der Waals surface area contributed by atoms with Crippen molar-refractivity contribution >= 4 is 55.0 Å². The predicted molar refractivity (Wildman–Crippen MR) is 138 cm³/mol. The van der Waals surface area contributed by atoms with Gasteiger partial charge < -0.3 is 11.1 Å². The Balaban J connectivity index is 1.94. The number of thiophene rings is 1. The summed E-state index contributed by atoms with van der Waals surface area (Å²) in [5, 5.41) is 11.6. The molecule has 196 valence electrons. The summed E-state index contributed by atoms with van der Waals surface area (Å²) in [7, 11) is 0. The number of halogens is 4. The first kappa shape index (κ1) is 26.8. The molecule has 0 bridgehead atoms. The van der Waals surface area contributed by atoms with Gasteiger partial charge in [0, 0.05) is 23.7 Å². The fourth-order valence-electron chi connectivity index (χ4n) is 4.05. The number of hydrogen-bond acceptors (Lipinski definition) is 6. The van der Waals surface area contributed by atoms with Crippen LogP contribution >= 0.6 is 27.3 Å². The molecule has 0 fully saturated rings. The van der Waals surface area contributed by atoms with Gasteiger partial charge in [-0.15, -0.1) is 11.3 Å². The molecule has 0 aliphatic carbocycles. The van der Waals surface area contributed by atoms with Gasteiger partial charge in [-0.1, -0.05) is 0 Å². The van der Waals surface area contributed by atoms with E-state index >= 15 is 0 Å². The first-order chi connectivity index (χ1) is 17.2. The lowest BCUT2D eigenvalue weighted by atomic mass is 10.0. The number of pyridine rings is 1. The van der Waals surface area contributed by atoms with Crippen LogP contribution in [0.2, 0.25) is 0 Å². The van der Waals surface area contributed by atoms with E-state index in [0.29, 0.717) is 40.5 Å². The molecule has 1 unspecified atom stereocenters. The standard InChI is InChI=1S/C23H23BrF3N7O2S/c1-6-33-8-14(9(2)31-33)13-7-15(23(25,26)27)29-22-16(13)18(19(37-22)20(28)35)30-21(36)12(5)34-11(4)17(24)10(3)32-34/h7-8,12H,6H2,1-5H3,(H2,28,35)(H,30,36). The highest BCUT2D eigenvalue weighted by atomic mass is 79.9. The van der Waals surface area contributed by atoms with Crippen molar-refractivity contribution in [2.24, 2.45) is 5.73 Å². The number of carbonyl (C=O) groups excluding carboxylic acids is 2. The van der Waals surface area contributed by atoms with Gasteiger partial charge in [0.25, 0.3) is 5.91 Å². The highest BCUT2D eigenvalue weighted by Gasteiger charge is 2.36. The summed E-state index contributed by atoms with van der Waals surface area (Å²) in [6, 6.07) is 0.0947. The lowest BCUT2D eigenvalue weighted by molar-refractivity contribution is -0.140. The smallest absolute Gasteiger partial charge is 0.365 e. The molecule has 0 saturated carbocycles. The SMILES string of the molecule is CCn1cc(-c2cc(C(F)(F)F)nc3sc(C(N)=O)c(NC(=O)C(C)n4nc(C)c(Br)c4C)c23)c(C)n1. The molecule has 14 heteroatoms. The third-order valence-electron chi connectivity index (χ3n) is 5.97. The molecule has 1 atom stereocenters. The maximum atomic E-state index is 13.8. The Morgan fingerprint density at radius 3 is 2.38 bits per heavy atom. The second-order valence-electron chi connectivity index (χ2n) is 8.48. The molecular weight excluding hydrogens is 575 g/mol. The van der Waals surface area contributed by atoms with Crippen LogP contribution in [-0.4, -0.2) is 36.4 Å². The summed E-state index contributed by atoms with van der Waals surface area (Å²) in [5.74, 6) is -1.44. The Hall–Kier alpha value is -3.26. The van der Waals surface area contributed by atoms with Gasteiger partial charge in [0.15, 0.2) is 0 Å². The van der Waals surface area contributed by atoms with E-state index in [9.17, 15) is 22.8 Å². The number of aromatic nitrogens is 5. The molecule has 0 spiro atoms. The summed E-state index contributed by atoms with van der Waals surface area (Å²) < 4.78 is 45.2. The van der Waals surface area contributed by atoms with Crippen LogP contribution in [-0.2, 0) is 17.5 Å². The van der Waals surface area contributed by atoms with Gasteiger partial charge in [-0.05, 0) is 62.2 Å². The number of alkyl halides is 3. The summed E-state index contributed by atoms with van der Waals surface area (Å²) in [6.45, 7) is 9.21. The zero-order valence-electron chi connectivity index (χ0n) is 20.5. The molecule has 2 amide bonds. The fourth-order valence-corrected chi connectivity index (χ4v) is 5.32. The second-order valence-corrected chi connectivity index (χ2v) is 10.3. The van der Waals surface area contributed by atoms with Gasteiger partial charge in [0.2, 0.25) is 5.91 Å². The minimum absolute atomic E-state index is 0.00446. The van der Waals surface area contributed by atoms with Crippen molar-refractivity contribution < 1.29 is 22.8 Å². The maximum Gasteiger partial charge on any atom is 0.433 e. The molecular formula is C23H23BrF3N7O2S. The third kappa shape index (κ3) is 4.75. The monoisotopic (exact) mass is 597 g/mol. The van der Waals surface area contributed by atoms with Crippen molar-refractivity contribution in [3.05, 3.63) is 44.4 Å². The number of primary amides is 1. The van der Waals surface area contributed by atoms with E-state index in [1.54, 1.807) is 38.6 Å². The molecule has 0 aliphatic rings. The van der Waals surface area contributed by atoms with Crippen LogP contribution in [0, 0.1) is 20.8 Å². The minimum Gasteiger partial charge on any atom is -0.365 e. The van der Waals surface area contributed by atoms with Crippen LogP contribution in [0.1, 0.15) is 52.3 Å². The highest BCUT2D eigenvalue weighted by Crippen LogP contribution is 2.44. The average molecular weight is 598 g/mol. The van der Waals surface area contributed by atoms with Crippen molar-refractivity contribution in [2.75, 3.05) is 5.32 Å². The Labute approximate surface area is 222 Å². The maximum absolute atomic E-state index is 13.8. The number of nitrogens with two attached hydrogens (primary N) is 1. The van der Waals surface area contributed by atoms with Crippen LogP contribution in [0.5, 0.6) is 0 Å². The third-order valence-corrected chi connectivity index (χ3v) is 8.21. The first-order valence-corrected chi connectivity index (χ1v) is 12.8. The van der Waals surface area contributed by atoms with Crippen molar-refractivity contribution in [2.45, 2.75) is 53.4 Å². The molecule has 4 aromatic heterocycles. The van der Waals surface area contributed by atoms with Crippen LogP contribution in [0.15, 0.2) is 16.7 Å². The number of anilines is 1. The van der Waals surface area contributed by atoms with Crippen LogP contribution in [0.25, 0.3) is 21.3 Å². The van der Waals surface area contributed by atoms with E-state index in [-0.39, 0.29) is 26.3 Å². The van der Waals surface area contributed by atoms with E-state index in [1.165, 1.54) is 4.68 Å². The van der Waals surface area contributed by atoms with E-state index in [1.807, 2.05) is 6.92 Å². The number of aryl methyl sites for hydroxylation is 3. The van der Waals surface area contributed by atoms with E-state index in [4.69, 9.17) is 5.73 Å². The lowest BCUT2D eigenvalue weighted by Crippen LogP contribution is -2.26. The minimum atomic E-state index is -4.74. The van der Waals surface area contributed by atoms with Gasteiger partial charge in [0.05, 0.1) is 27.2 Å². The normalized spacial score (nSPS) is 12.8. The number of nitrogens with one attached hydrogen (secondary N) is 1. The molecule has 4 aromatic rings. The van der Waals surface area contributed by atoms with Gasteiger partial charge in [-0.2, -0.15) is 23.4 Å². The fraction of sp³-hybridized carbons (Fsp3) is 0.348. The summed E-state index contributed by atoms with van der Waals surface area (Å²) in [6.07, 6.45) is -3.12. The second kappa shape index (κ2) is 9.56. The molecule has 9 nitrogen and oxygen atoms in total. The molecule has 37 heavy (non-hydrogen) atoms. The van der Waals surface area contributed by atoms with Crippen molar-refractivity contribution in [1.29, 1.82) is 0 Å². The van der Waals surface area contributed by atoms with Crippen LogP contribution in [0.3, 0.4) is 0 Å². The van der Waals surface area contributed by atoms with Crippen LogP contribution in [0.4, 0.5) is 18.9 Å². The predicted octanol–water partition coefficient (Wildman–Crippen LogP) is 5.38. The number of fused-ring (bicyclic) bond motifs is 1. The van der Waals surface area contributed by atoms with Gasteiger partial charge >= 0.3 is 6.18 Å². The molecule has 4 heterocycles. The van der Waals surface area contributed by atoms with Crippen LogP contribution < -0.4 is 11.1 Å². The Morgan fingerprint density at radius 1 is 1.19 bits per heavy atom.